The van der Waals surface area contributed by atoms with Crippen LogP contribution in [0.15, 0.2) is 0 Å². The molecule has 0 heterocycles. The first kappa shape index (κ1) is 11.1. The molecule has 0 bridgehead atoms. The van der Waals surface area contributed by atoms with Crippen molar-refractivity contribution in [3.63, 3.8) is 0 Å². The summed E-state index contributed by atoms with van der Waals surface area (Å²) in [5.74, 6) is 1.80. The Balaban J connectivity index is 2.13. The van der Waals surface area contributed by atoms with Crippen LogP contribution in [0.3, 0.4) is 0 Å². The predicted octanol–water partition coefficient (Wildman–Crippen LogP) is 4.64. The third kappa shape index (κ3) is 4.15. The lowest BCUT2D eigenvalue weighted by Gasteiger charge is -2.17. The van der Waals surface area contributed by atoms with Gasteiger partial charge in [0, 0.05) is 0 Å². The Morgan fingerprint density at radius 1 is 1.00 bits per heavy atom. The van der Waals surface area contributed by atoms with Gasteiger partial charge in [0.15, 0.2) is 0 Å². The maximum absolute atomic E-state index is 2.36. The second-order valence-corrected chi connectivity index (χ2v) is 5.88. The molecule has 0 atom stereocenters. The van der Waals surface area contributed by atoms with Crippen LogP contribution in [0.25, 0.3) is 0 Å². The molecule has 0 N–H and O–H groups in total. The molecule has 78 valence electrons. The van der Waals surface area contributed by atoms with E-state index in [1.807, 2.05) is 0 Å². The molecule has 0 radical (unpaired) electrons. The summed E-state index contributed by atoms with van der Waals surface area (Å²) >= 11 is 0. The van der Waals surface area contributed by atoms with Crippen LogP contribution >= 0.6 is 0 Å². The molecule has 0 aromatic carbocycles. The second kappa shape index (κ2) is 4.48. The summed E-state index contributed by atoms with van der Waals surface area (Å²) in [6.45, 7) is 9.40. The van der Waals surface area contributed by atoms with E-state index in [-0.39, 0.29) is 0 Å². The highest BCUT2D eigenvalue weighted by atomic mass is 14.5. The van der Waals surface area contributed by atoms with Crippen LogP contribution in [0.4, 0.5) is 0 Å². The Kier molecular flexibility index (Phi) is 3.82. The SMILES string of the molecule is CC(C)CCCC1(CC(C)C)CC1. The lowest BCUT2D eigenvalue weighted by Crippen LogP contribution is -2.05. The van der Waals surface area contributed by atoms with E-state index in [0.29, 0.717) is 0 Å². The summed E-state index contributed by atoms with van der Waals surface area (Å²) in [4.78, 5) is 0. The normalized spacial score (nSPS) is 19.8. The minimum absolute atomic E-state index is 0.809. The molecule has 1 aliphatic rings. The van der Waals surface area contributed by atoms with Gasteiger partial charge in [0.25, 0.3) is 0 Å². The molecule has 13 heavy (non-hydrogen) atoms. The molecule has 1 rings (SSSR count). The molecule has 0 spiro atoms. The molecule has 0 aromatic heterocycles. The second-order valence-electron chi connectivity index (χ2n) is 5.88. The lowest BCUT2D eigenvalue weighted by atomic mass is 9.88. The standard InChI is InChI=1S/C13H26/c1-11(2)6-5-7-13(8-9-13)10-12(3)4/h11-12H,5-10H2,1-4H3. The molecule has 1 aliphatic carbocycles. The summed E-state index contributed by atoms with van der Waals surface area (Å²) < 4.78 is 0. The molecule has 0 unspecified atom stereocenters. The van der Waals surface area contributed by atoms with Crippen LogP contribution in [0.5, 0.6) is 0 Å². The van der Waals surface area contributed by atoms with E-state index in [4.69, 9.17) is 0 Å². The van der Waals surface area contributed by atoms with Gasteiger partial charge in [-0.15, -0.1) is 0 Å². The van der Waals surface area contributed by atoms with Gasteiger partial charge in [0.2, 0.25) is 0 Å². The summed E-state index contributed by atoms with van der Waals surface area (Å²) in [5.41, 5.74) is 0.809. The Hall–Kier alpha value is 0. The van der Waals surface area contributed by atoms with E-state index in [1.165, 1.54) is 38.5 Å². The molecule has 0 aliphatic heterocycles. The van der Waals surface area contributed by atoms with Crippen LogP contribution in [-0.2, 0) is 0 Å². The monoisotopic (exact) mass is 182 g/mol. The Morgan fingerprint density at radius 3 is 2.00 bits per heavy atom. The Morgan fingerprint density at radius 2 is 1.62 bits per heavy atom. The van der Waals surface area contributed by atoms with Crippen LogP contribution in [0.2, 0.25) is 0 Å². The van der Waals surface area contributed by atoms with Crippen molar-refractivity contribution in [2.45, 2.75) is 66.2 Å². The van der Waals surface area contributed by atoms with Crippen molar-refractivity contribution in [1.82, 2.24) is 0 Å². The molecule has 1 saturated carbocycles. The van der Waals surface area contributed by atoms with E-state index in [9.17, 15) is 0 Å². The van der Waals surface area contributed by atoms with Crippen molar-refractivity contribution in [3.8, 4) is 0 Å². The average Bonchev–Trinajstić information content (AvgIpc) is 2.66. The quantitative estimate of drug-likeness (QED) is 0.561. The zero-order chi connectivity index (χ0) is 9.90. The van der Waals surface area contributed by atoms with E-state index in [0.717, 1.165) is 17.3 Å². The van der Waals surface area contributed by atoms with Crippen LogP contribution < -0.4 is 0 Å². The van der Waals surface area contributed by atoms with Crippen LogP contribution in [0, 0.1) is 17.3 Å². The van der Waals surface area contributed by atoms with Gasteiger partial charge >= 0.3 is 0 Å². The first-order chi connectivity index (χ1) is 6.04. The third-order valence-corrected chi connectivity index (χ3v) is 3.29. The fourth-order valence-electron chi connectivity index (χ4n) is 2.48. The molecule has 0 saturated heterocycles. The molecule has 0 heteroatoms. The summed E-state index contributed by atoms with van der Waals surface area (Å²) in [7, 11) is 0. The minimum Gasteiger partial charge on any atom is -0.0628 e. The summed E-state index contributed by atoms with van der Waals surface area (Å²) in [5, 5.41) is 0. The first-order valence-corrected chi connectivity index (χ1v) is 6.04. The van der Waals surface area contributed by atoms with E-state index in [2.05, 4.69) is 27.7 Å². The topological polar surface area (TPSA) is 0 Å². The maximum Gasteiger partial charge on any atom is -0.0295 e. The van der Waals surface area contributed by atoms with E-state index >= 15 is 0 Å². The number of rotatable bonds is 6. The summed E-state index contributed by atoms with van der Waals surface area (Å²) in [6.07, 6.45) is 8.91. The Labute approximate surface area is 84.1 Å². The average molecular weight is 182 g/mol. The predicted molar refractivity (Wildman–Crippen MR) is 59.8 cm³/mol. The van der Waals surface area contributed by atoms with Crippen molar-refractivity contribution in [3.05, 3.63) is 0 Å². The van der Waals surface area contributed by atoms with Crippen molar-refractivity contribution in [1.29, 1.82) is 0 Å². The van der Waals surface area contributed by atoms with Gasteiger partial charge in [-0.3, -0.25) is 0 Å². The lowest BCUT2D eigenvalue weighted by molar-refractivity contribution is 0.343. The molecule has 0 aromatic rings. The van der Waals surface area contributed by atoms with E-state index in [1.54, 1.807) is 0 Å². The fourth-order valence-corrected chi connectivity index (χ4v) is 2.48. The molecular formula is C13H26. The van der Waals surface area contributed by atoms with Crippen molar-refractivity contribution in [2.75, 3.05) is 0 Å². The number of hydrogen-bond donors (Lipinski definition) is 0. The van der Waals surface area contributed by atoms with Gasteiger partial charge in [-0.05, 0) is 42.9 Å². The highest BCUT2D eigenvalue weighted by Crippen LogP contribution is 2.54. The largest absolute Gasteiger partial charge is 0.0628 e. The highest BCUT2D eigenvalue weighted by Gasteiger charge is 2.41. The molecule has 0 amide bonds. The smallest absolute Gasteiger partial charge is 0.0295 e. The minimum atomic E-state index is 0.809. The van der Waals surface area contributed by atoms with Gasteiger partial charge < -0.3 is 0 Å². The number of hydrogen-bond acceptors (Lipinski definition) is 0. The van der Waals surface area contributed by atoms with Gasteiger partial charge in [0.05, 0.1) is 0 Å². The van der Waals surface area contributed by atoms with Crippen LogP contribution in [0.1, 0.15) is 66.2 Å². The maximum atomic E-state index is 2.36. The van der Waals surface area contributed by atoms with Gasteiger partial charge in [-0.2, -0.15) is 0 Å². The van der Waals surface area contributed by atoms with Crippen molar-refractivity contribution >= 4 is 0 Å². The fraction of sp³-hybridized carbons (Fsp3) is 1.00. The summed E-state index contributed by atoms with van der Waals surface area (Å²) in [6, 6.07) is 0. The van der Waals surface area contributed by atoms with E-state index < -0.39 is 0 Å². The molecule has 0 nitrogen and oxygen atoms in total. The zero-order valence-corrected chi connectivity index (χ0v) is 9.90. The highest BCUT2D eigenvalue weighted by molar-refractivity contribution is 4.93. The molecule has 1 fully saturated rings. The third-order valence-electron chi connectivity index (χ3n) is 3.29. The molecular weight excluding hydrogens is 156 g/mol. The zero-order valence-electron chi connectivity index (χ0n) is 9.90. The van der Waals surface area contributed by atoms with Crippen LogP contribution in [-0.4, -0.2) is 0 Å². The van der Waals surface area contributed by atoms with Gasteiger partial charge in [-0.25, -0.2) is 0 Å². The Bertz CT molecular complexity index is 140. The van der Waals surface area contributed by atoms with Crippen molar-refractivity contribution < 1.29 is 0 Å². The van der Waals surface area contributed by atoms with Crippen molar-refractivity contribution in [2.24, 2.45) is 17.3 Å². The first-order valence-electron chi connectivity index (χ1n) is 6.04. The van der Waals surface area contributed by atoms with Gasteiger partial charge in [-0.1, -0.05) is 40.5 Å². The van der Waals surface area contributed by atoms with Gasteiger partial charge in [0.1, 0.15) is 0 Å².